The van der Waals surface area contributed by atoms with Crippen LogP contribution in [0.15, 0.2) is 18.5 Å². The lowest BCUT2D eigenvalue weighted by molar-refractivity contribution is -0.118. The van der Waals surface area contributed by atoms with Crippen molar-refractivity contribution < 1.29 is 17.6 Å². The molecule has 1 atom stereocenters. The first-order chi connectivity index (χ1) is 11.1. The summed E-state index contributed by atoms with van der Waals surface area (Å²) in [4.78, 5) is 21.9. The summed E-state index contributed by atoms with van der Waals surface area (Å²) in [5.74, 6) is -0.781. The number of rotatable bonds is 5. The van der Waals surface area contributed by atoms with Crippen molar-refractivity contribution in [1.29, 1.82) is 0 Å². The van der Waals surface area contributed by atoms with Gasteiger partial charge in [0, 0.05) is 31.5 Å². The number of hydrogen-bond acceptors (Lipinski definition) is 6. The molecule has 0 aromatic carbocycles. The van der Waals surface area contributed by atoms with Crippen LogP contribution in [0.3, 0.4) is 0 Å². The van der Waals surface area contributed by atoms with Crippen LogP contribution in [0.1, 0.15) is 19.0 Å². The molecule has 1 amide bonds. The van der Waals surface area contributed by atoms with E-state index in [1.807, 2.05) is 0 Å². The van der Waals surface area contributed by atoms with E-state index in [-0.39, 0.29) is 12.3 Å². The second-order valence-corrected chi connectivity index (χ2v) is 9.04. The van der Waals surface area contributed by atoms with Gasteiger partial charge in [0.05, 0.1) is 17.1 Å². The Labute approximate surface area is 144 Å². The smallest absolute Gasteiger partial charge is 0.228 e. The van der Waals surface area contributed by atoms with Crippen LogP contribution in [0.4, 0.5) is 9.39 Å². The number of carbonyl (C=O) groups excluding carboxylic acids is 1. The number of aromatic nitrogens is 2. The zero-order valence-electron chi connectivity index (χ0n) is 13.8. The van der Waals surface area contributed by atoms with Crippen LogP contribution in [0, 0.1) is 12.7 Å². The molecular formula is C15H18FN3O3S2. The van der Waals surface area contributed by atoms with Crippen LogP contribution in [-0.2, 0) is 14.6 Å². The van der Waals surface area contributed by atoms with Gasteiger partial charge in [0.1, 0.15) is 15.8 Å². The summed E-state index contributed by atoms with van der Waals surface area (Å²) in [7, 11) is -1.70. The Morgan fingerprint density at radius 1 is 1.42 bits per heavy atom. The third kappa shape index (κ3) is 4.15. The van der Waals surface area contributed by atoms with Gasteiger partial charge >= 0.3 is 0 Å². The Hall–Kier alpha value is -1.87. The second kappa shape index (κ2) is 6.94. The fourth-order valence-electron chi connectivity index (χ4n) is 2.00. The van der Waals surface area contributed by atoms with Gasteiger partial charge in [-0.3, -0.25) is 9.78 Å². The molecule has 0 saturated carbocycles. The summed E-state index contributed by atoms with van der Waals surface area (Å²) in [6, 6.07) is 1.32. The summed E-state index contributed by atoms with van der Waals surface area (Å²) in [5.41, 5.74) is 1.14. The van der Waals surface area contributed by atoms with Gasteiger partial charge in [0.25, 0.3) is 0 Å². The summed E-state index contributed by atoms with van der Waals surface area (Å²) < 4.78 is 36.3. The number of aryl methyl sites for hydroxylation is 1. The monoisotopic (exact) mass is 371 g/mol. The van der Waals surface area contributed by atoms with Gasteiger partial charge in [-0.15, -0.1) is 0 Å². The predicted molar refractivity (Wildman–Crippen MR) is 92.4 cm³/mol. The van der Waals surface area contributed by atoms with Gasteiger partial charge in [-0.1, -0.05) is 11.3 Å². The van der Waals surface area contributed by atoms with Crippen LogP contribution in [0.5, 0.6) is 0 Å². The fourth-order valence-corrected chi connectivity index (χ4v) is 3.47. The summed E-state index contributed by atoms with van der Waals surface area (Å²) >= 11 is 1.23. The number of halogens is 1. The molecule has 0 aliphatic heterocycles. The molecule has 0 N–H and O–H groups in total. The lowest BCUT2D eigenvalue weighted by atomic mass is 10.3. The van der Waals surface area contributed by atoms with Crippen molar-refractivity contribution >= 4 is 32.1 Å². The second-order valence-electron chi connectivity index (χ2n) is 5.60. The first-order valence-corrected chi connectivity index (χ1v) is 9.90. The molecule has 1 unspecified atom stereocenters. The van der Waals surface area contributed by atoms with Crippen molar-refractivity contribution in [1.82, 2.24) is 9.97 Å². The van der Waals surface area contributed by atoms with Gasteiger partial charge in [-0.25, -0.2) is 17.8 Å². The van der Waals surface area contributed by atoms with Crippen molar-refractivity contribution in [3.63, 3.8) is 0 Å². The van der Waals surface area contributed by atoms with Crippen LogP contribution < -0.4 is 4.90 Å². The van der Waals surface area contributed by atoms with E-state index >= 15 is 0 Å². The highest BCUT2D eigenvalue weighted by Gasteiger charge is 2.24. The highest BCUT2D eigenvalue weighted by molar-refractivity contribution is 7.91. The lowest BCUT2D eigenvalue weighted by Gasteiger charge is -2.17. The maximum absolute atomic E-state index is 13.3. The van der Waals surface area contributed by atoms with Crippen LogP contribution in [0.25, 0.3) is 10.6 Å². The largest absolute Gasteiger partial charge is 0.305 e. The van der Waals surface area contributed by atoms with Crippen molar-refractivity contribution in [3.8, 4) is 10.6 Å². The average molecular weight is 371 g/mol. The molecule has 2 rings (SSSR count). The fraction of sp³-hybridized carbons (Fsp3) is 0.400. The first kappa shape index (κ1) is 18.5. The molecule has 0 spiro atoms. The first-order valence-electron chi connectivity index (χ1n) is 7.13. The van der Waals surface area contributed by atoms with Crippen molar-refractivity contribution in [2.75, 3.05) is 18.2 Å². The number of amides is 1. The van der Waals surface area contributed by atoms with Gasteiger partial charge in [-0.2, -0.15) is 0 Å². The Balaban J connectivity index is 2.24. The maximum Gasteiger partial charge on any atom is 0.228 e. The highest BCUT2D eigenvalue weighted by Crippen LogP contribution is 2.34. The molecular weight excluding hydrogens is 353 g/mol. The van der Waals surface area contributed by atoms with Gasteiger partial charge in [0.15, 0.2) is 9.84 Å². The number of anilines is 1. The zero-order chi connectivity index (χ0) is 18.1. The third-order valence-corrected chi connectivity index (χ3v) is 6.51. The standard InChI is InChI=1S/C15H18FN3O3S2/c1-9(24(4,21)22)5-13(20)19(3)15-10(2)18-14(23-15)11-6-12(16)8-17-7-11/h6-9H,5H2,1-4H3. The summed E-state index contributed by atoms with van der Waals surface area (Å²) in [6.45, 7) is 3.25. The van der Waals surface area contributed by atoms with Crippen molar-refractivity contribution in [2.45, 2.75) is 25.5 Å². The highest BCUT2D eigenvalue weighted by atomic mass is 32.2. The van der Waals surface area contributed by atoms with E-state index < -0.39 is 20.9 Å². The van der Waals surface area contributed by atoms with E-state index in [4.69, 9.17) is 0 Å². The van der Waals surface area contributed by atoms with E-state index in [2.05, 4.69) is 9.97 Å². The van der Waals surface area contributed by atoms with Crippen molar-refractivity contribution in [2.24, 2.45) is 0 Å². The molecule has 0 fully saturated rings. The summed E-state index contributed by atoms with van der Waals surface area (Å²) in [5, 5.41) is 0.387. The number of nitrogens with zero attached hydrogens (tertiary/aromatic N) is 3. The Morgan fingerprint density at radius 3 is 2.67 bits per heavy atom. The minimum absolute atomic E-state index is 0.108. The van der Waals surface area contributed by atoms with Gasteiger partial charge < -0.3 is 4.90 Å². The molecule has 2 aromatic heterocycles. The normalized spacial score (nSPS) is 12.9. The molecule has 0 bridgehead atoms. The van der Waals surface area contributed by atoms with Gasteiger partial charge in [-0.05, 0) is 19.9 Å². The molecule has 0 aliphatic carbocycles. The van der Waals surface area contributed by atoms with Crippen molar-refractivity contribution in [3.05, 3.63) is 30.0 Å². The Kier molecular flexibility index (Phi) is 5.34. The molecule has 24 heavy (non-hydrogen) atoms. The molecule has 0 radical (unpaired) electrons. The Morgan fingerprint density at radius 2 is 2.08 bits per heavy atom. The minimum Gasteiger partial charge on any atom is -0.305 e. The topological polar surface area (TPSA) is 80.2 Å². The number of pyridine rings is 1. The summed E-state index contributed by atoms with van der Waals surface area (Å²) in [6.07, 6.45) is 3.60. The average Bonchev–Trinajstić information content (AvgIpc) is 2.87. The molecule has 2 heterocycles. The zero-order valence-corrected chi connectivity index (χ0v) is 15.4. The molecule has 6 nitrogen and oxygen atoms in total. The number of thiazole rings is 1. The number of hydrogen-bond donors (Lipinski definition) is 0. The quantitative estimate of drug-likeness (QED) is 0.806. The minimum atomic E-state index is -3.28. The van der Waals surface area contributed by atoms with Crippen LogP contribution in [0.2, 0.25) is 0 Å². The molecule has 0 aliphatic rings. The molecule has 9 heteroatoms. The molecule has 0 saturated heterocycles. The number of carbonyl (C=O) groups is 1. The Bertz CT molecular complexity index is 865. The van der Waals surface area contributed by atoms with E-state index in [0.717, 1.165) is 12.5 Å². The predicted octanol–water partition coefficient (Wildman–Crippen LogP) is 2.44. The lowest BCUT2D eigenvalue weighted by Crippen LogP contribution is -2.31. The van der Waals surface area contributed by atoms with E-state index in [1.54, 1.807) is 14.0 Å². The number of sulfone groups is 1. The van der Waals surface area contributed by atoms with Crippen LogP contribution >= 0.6 is 11.3 Å². The molecule has 130 valence electrons. The van der Waals surface area contributed by atoms with E-state index in [9.17, 15) is 17.6 Å². The van der Waals surface area contributed by atoms with E-state index in [1.165, 1.54) is 35.4 Å². The van der Waals surface area contributed by atoms with Gasteiger partial charge in [0.2, 0.25) is 5.91 Å². The SMILES string of the molecule is Cc1nc(-c2cncc(F)c2)sc1N(C)C(=O)CC(C)S(C)(=O)=O. The van der Waals surface area contributed by atoms with Crippen LogP contribution in [-0.4, -0.2) is 42.8 Å². The molecule has 2 aromatic rings. The maximum atomic E-state index is 13.3. The third-order valence-electron chi connectivity index (χ3n) is 3.60. The van der Waals surface area contributed by atoms with E-state index in [0.29, 0.717) is 21.3 Å².